The molecule has 0 saturated heterocycles. The van der Waals surface area contributed by atoms with Gasteiger partial charge in [0.1, 0.15) is 0 Å². The Bertz CT molecular complexity index is 9530. The second-order valence-electron chi connectivity index (χ2n) is 35.8. The summed E-state index contributed by atoms with van der Waals surface area (Å²) >= 11 is 0. The minimum Gasteiger partial charge on any atom is -0.309 e. The van der Waals surface area contributed by atoms with Crippen LogP contribution in [-0.4, -0.2) is 27.4 Å². The maximum Gasteiger partial charge on any atom is 0.0547 e. The summed E-state index contributed by atoms with van der Waals surface area (Å²) in [5.41, 5.74) is 38.5. The minimum atomic E-state index is 1.15. The van der Waals surface area contributed by atoms with Crippen molar-refractivity contribution in [3.8, 4) is 112 Å². The zero-order valence-corrected chi connectivity index (χ0v) is 75.5. The Kier molecular flexibility index (Phi) is 19.9. The van der Waals surface area contributed by atoms with Gasteiger partial charge in [0.05, 0.1) is 66.2 Å². The summed E-state index contributed by atoms with van der Waals surface area (Å²) in [4.78, 5) is 0. The van der Waals surface area contributed by atoms with E-state index in [1.807, 2.05) is 0 Å². The van der Waals surface area contributed by atoms with Crippen LogP contribution < -0.4 is 0 Å². The lowest BCUT2D eigenvalue weighted by Crippen LogP contribution is -1.95. The van der Waals surface area contributed by atoms with Crippen LogP contribution in [0.1, 0.15) is 0 Å². The first-order valence-corrected chi connectivity index (χ1v) is 47.4. The van der Waals surface area contributed by atoms with Crippen molar-refractivity contribution >= 4 is 131 Å². The molecular weight excluding hydrogens is 1670 g/mol. The second kappa shape index (κ2) is 34.0. The minimum absolute atomic E-state index is 1.15. The number of hydrogen-bond donors (Lipinski definition) is 0. The van der Waals surface area contributed by atoms with Gasteiger partial charge in [0.2, 0.25) is 0 Å². The van der Waals surface area contributed by atoms with Crippen LogP contribution >= 0.6 is 0 Å². The summed E-state index contributed by atoms with van der Waals surface area (Å²) in [7, 11) is 0. The molecule has 6 nitrogen and oxygen atoms in total. The third kappa shape index (κ3) is 14.0. The van der Waals surface area contributed by atoms with Crippen molar-refractivity contribution < 1.29 is 0 Å². The Morgan fingerprint density at radius 2 is 0.225 bits per heavy atom. The van der Waals surface area contributed by atoms with Gasteiger partial charge in [-0.15, -0.1) is 0 Å². The molecule has 138 heavy (non-hydrogen) atoms. The van der Waals surface area contributed by atoms with Crippen LogP contribution in [0.15, 0.2) is 534 Å². The first-order chi connectivity index (χ1) is 68.5. The average molecular weight is 1760 g/mol. The van der Waals surface area contributed by atoms with E-state index in [2.05, 4.69) is 561 Å². The molecule has 0 aliphatic rings. The number of nitrogens with zero attached hydrogens (tertiary/aromatic N) is 6. The molecule has 6 aromatic heterocycles. The van der Waals surface area contributed by atoms with Crippen LogP contribution in [-0.2, 0) is 0 Å². The summed E-state index contributed by atoms with van der Waals surface area (Å²) in [6.07, 6.45) is 0. The maximum absolute atomic E-state index is 2.42. The average Bonchev–Trinajstić information content (AvgIpc) is 1.56. The van der Waals surface area contributed by atoms with Crippen LogP contribution in [0.25, 0.3) is 243 Å². The Morgan fingerprint density at radius 3 is 0.457 bits per heavy atom. The van der Waals surface area contributed by atoms with E-state index in [1.54, 1.807) is 0 Å². The molecule has 0 saturated carbocycles. The van der Waals surface area contributed by atoms with Crippen molar-refractivity contribution in [1.82, 2.24) is 27.4 Å². The molecule has 28 aromatic rings. The summed E-state index contributed by atoms with van der Waals surface area (Å²) < 4.78 is 14.4. The fourth-order valence-electron chi connectivity index (χ4n) is 21.5. The Morgan fingerprint density at radius 1 is 0.0797 bits per heavy atom. The topological polar surface area (TPSA) is 29.6 Å². The molecule has 28 rings (SSSR count). The van der Waals surface area contributed by atoms with Crippen molar-refractivity contribution in [2.24, 2.45) is 0 Å². The van der Waals surface area contributed by atoms with Crippen LogP contribution in [0.4, 0.5) is 0 Å². The zero-order valence-electron chi connectivity index (χ0n) is 75.5. The van der Waals surface area contributed by atoms with E-state index < -0.39 is 0 Å². The molecule has 0 radical (unpaired) electrons. The number of aromatic nitrogens is 6. The smallest absolute Gasteiger partial charge is 0.0547 e. The highest BCUT2D eigenvalue weighted by atomic mass is 15.0. The molecule has 0 aliphatic carbocycles. The van der Waals surface area contributed by atoms with Crippen LogP contribution in [0, 0.1) is 0 Å². The predicted octanol–water partition coefficient (Wildman–Crippen LogP) is 35.3. The van der Waals surface area contributed by atoms with Crippen LogP contribution in [0.5, 0.6) is 0 Å². The Labute approximate surface area is 798 Å². The van der Waals surface area contributed by atoms with Gasteiger partial charge in [-0.25, -0.2) is 0 Å². The lowest BCUT2D eigenvalue weighted by atomic mass is 10.0. The van der Waals surface area contributed by atoms with E-state index in [0.717, 1.165) is 22.7 Å². The molecule has 0 spiro atoms. The standard InChI is InChI=1S/C48H32N2.2C42H28N2/c1-3-12-33(13-4-1)35-22-26-39(27-23-35)49-45-20-9-7-18-41(45)43-28-24-37(31-47(43)49)38-25-29-44-42-19-8-10-21-46(42)50(48(44)32-38)40-17-11-16-36(30-40)34-14-5-2-6-15-34;1-3-12-29(13-4-1)30-14-11-17-34(26-30)44-40-21-10-8-19-36(40)38-25-23-32(28-42(38)44)31-22-24-37-35-18-7-9-20-39(35)43(41(37)27-31)33-15-5-2-6-16-33;1-3-11-29(12-4-1)30-19-23-34(24-20-30)44-40-18-10-8-16-36(40)38-26-22-32(28-42(38)44)31-21-25-37-35-15-7-9-17-39(35)43(41(37)27-31)33-13-5-2-6-14-33/h1-32H;2*1-28H. The normalized spacial score (nSPS) is 11.6. The summed E-state index contributed by atoms with van der Waals surface area (Å²) in [6.45, 7) is 0. The molecular formula is C132H88N6. The van der Waals surface area contributed by atoms with Crippen molar-refractivity contribution in [2.75, 3.05) is 0 Å². The number of para-hydroxylation sites is 8. The van der Waals surface area contributed by atoms with E-state index >= 15 is 0 Å². The molecule has 646 valence electrons. The largest absolute Gasteiger partial charge is 0.309 e. The molecule has 6 heterocycles. The molecule has 0 atom stereocenters. The molecule has 6 heteroatoms. The summed E-state index contributed by atoms with van der Waals surface area (Å²) in [5.74, 6) is 0. The van der Waals surface area contributed by atoms with Gasteiger partial charge < -0.3 is 27.4 Å². The molecule has 0 N–H and O–H groups in total. The number of fused-ring (bicyclic) bond motifs is 18. The predicted molar refractivity (Wildman–Crippen MR) is 583 cm³/mol. The maximum atomic E-state index is 2.42. The molecule has 0 unspecified atom stereocenters. The van der Waals surface area contributed by atoms with Gasteiger partial charge in [-0.2, -0.15) is 0 Å². The lowest BCUT2D eigenvalue weighted by molar-refractivity contribution is 1.18. The van der Waals surface area contributed by atoms with Gasteiger partial charge >= 0.3 is 0 Å². The lowest BCUT2D eigenvalue weighted by Gasteiger charge is -2.12. The molecule has 0 amide bonds. The Hall–Kier alpha value is -18.4. The molecule has 0 fully saturated rings. The first-order valence-electron chi connectivity index (χ1n) is 47.4. The highest BCUT2D eigenvalue weighted by Gasteiger charge is 2.23. The molecule has 0 aliphatic heterocycles. The SMILES string of the molecule is c1ccc(-c2ccc(-n3c4ccccc4c4ccc(-c5ccc6c7ccccc7n(-c7cccc(-c8ccccc8)c7)c6c5)cc43)cc2)cc1.c1ccc(-c2ccc(-n3c4ccccc4c4ccc(-c5ccc6c7ccccc7n(-c7ccccc7)c6c5)cc43)cc2)cc1.c1ccc(-c2cccc(-n3c4ccccc4c4ccc(-c5ccc6c7ccccc7n(-c7ccccc7)c6c5)cc43)c2)cc1. The van der Waals surface area contributed by atoms with Crippen LogP contribution in [0.3, 0.4) is 0 Å². The van der Waals surface area contributed by atoms with Crippen molar-refractivity contribution in [1.29, 1.82) is 0 Å². The summed E-state index contributed by atoms with van der Waals surface area (Å²) in [6, 6.07) is 193. The van der Waals surface area contributed by atoms with E-state index in [1.165, 1.54) is 220 Å². The van der Waals surface area contributed by atoms with E-state index in [0.29, 0.717) is 0 Å². The van der Waals surface area contributed by atoms with Crippen LogP contribution in [0.2, 0.25) is 0 Å². The van der Waals surface area contributed by atoms with Gasteiger partial charge in [0, 0.05) is 98.8 Å². The molecule has 22 aromatic carbocycles. The van der Waals surface area contributed by atoms with Crippen molar-refractivity contribution in [3.05, 3.63) is 534 Å². The summed E-state index contributed by atoms with van der Waals surface area (Å²) in [5, 5.41) is 15.1. The third-order valence-corrected chi connectivity index (χ3v) is 28.0. The van der Waals surface area contributed by atoms with Gasteiger partial charge in [-0.3, -0.25) is 0 Å². The molecule has 0 bridgehead atoms. The highest BCUT2D eigenvalue weighted by Crippen LogP contribution is 2.45. The highest BCUT2D eigenvalue weighted by molar-refractivity contribution is 6.17. The van der Waals surface area contributed by atoms with Crippen molar-refractivity contribution in [2.45, 2.75) is 0 Å². The first kappa shape index (κ1) is 80.5. The zero-order chi connectivity index (χ0) is 91.1. The van der Waals surface area contributed by atoms with E-state index in [4.69, 9.17) is 0 Å². The third-order valence-electron chi connectivity index (χ3n) is 28.0. The van der Waals surface area contributed by atoms with Crippen molar-refractivity contribution in [3.63, 3.8) is 0 Å². The van der Waals surface area contributed by atoms with E-state index in [-0.39, 0.29) is 0 Å². The number of hydrogen-bond acceptors (Lipinski definition) is 0. The second-order valence-corrected chi connectivity index (χ2v) is 35.8. The fourth-order valence-corrected chi connectivity index (χ4v) is 21.5. The van der Waals surface area contributed by atoms with Gasteiger partial charge in [-0.05, 0) is 223 Å². The van der Waals surface area contributed by atoms with Gasteiger partial charge in [0.15, 0.2) is 0 Å². The Balaban J connectivity index is 0.000000107. The fraction of sp³-hybridized carbons (Fsp3) is 0. The number of rotatable bonds is 13. The van der Waals surface area contributed by atoms with Gasteiger partial charge in [0.25, 0.3) is 0 Å². The van der Waals surface area contributed by atoms with Gasteiger partial charge in [-0.1, -0.05) is 388 Å². The quantitative estimate of drug-likeness (QED) is 0.110. The number of benzene rings is 22. The monoisotopic (exact) mass is 1760 g/mol. The van der Waals surface area contributed by atoms with E-state index in [9.17, 15) is 0 Å².